The molecule has 0 saturated carbocycles. The van der Waals surface area contributed by atoms with Crippen LogP contribution in [0.3, 0.4) is 0 Å². The number of hydrogen-bond donors (Lipinski definition) is 0. The molecule has 0 N–H and O–H groups in total. The molecule has 0 spiro atoms. The summed E-state index contributed by atoms with van der Waals surface area (Å²) in [7, 11) is 0. The minimum Gasteiger partial charge on any atom is -0.278 e. The van der Waals surface area contributed by atoms with Gasteiger partial charge in [0.05, 0.1) is 22.1 Å². The quantitative estimate of drug-likeness (QED) is 0.502. The summed E-state index contributed by atoms with van der Waals surface area (Å²) in [4.78, 5) is 4.81. The van der Waals surface area contributed by atoms with Gasteiger partial charge in [0.25, 0.3) is 0 Å². The van der Waals surface area contributed by atoms with E-state index in [9.17, 15) is 0 Å². The van der Waals surface area contributed by atoms with Crippen molar-refractivity contribution < 1.29 is 0 Å². The third-order valence-corrected chi connectivity index (χ3v) is 3.86. The van der Waals surface area contributed by atoms with Crippen molar-refractivity contribution >= 4 is 33.5 Å². The molecule has 0 fully saturated rings. The minimum atomic E-state index is 0.885. The maximum atomic E-state index is 4.81. The number of allylic oxidation sites excluding steroid dienone is 4. The van der Waals surface area contributed by atoms with Gasteiger partial charge in [0.2, 0.25) is 5.78 Å². The molecule has 22 heavy (non-hydrogen) atoms. The van der Waals surface area contributed by atoms with E-state index in [1.807, 2.05) is 42.5 Å². The Morgan fingerprint density at radius 3 is 2.32 bits per heavy atom. The smallest absolute Gasteiger partial charge is 0.220 e. The highest BCUT2D eigenvalue weighted by Crippen LogP contribution is 2.28. The molecule has 2 aromatic carbocycles. The number of rotatable bonds is 3. The van der Waals surface area contributed by atoms with E-state index >= 15 is 0 Å². The molecular formula is C19H15N3. The number of benzene rings is 2. The molecule has 0 saturated heterocycles. The largest absolute Gasteiger partial charge is 0.278 e. The Labute approximate surface area is 128 Å². The third kappa shape index (κ3) is 1.59. The van der Waals surface area contributed by atoms with E-state index in [-0.39, 0.29) is 0 Å². The molecule has 3 heteroatoms. The molecule has 106 valence electrons. The van der Waals surface area contributed by atoms with Crippen LogP contribution in [0.1, 0.15) is 0 Å². The zero-order chi connectivity index (χ0) is 15.1. The standard InChI is InChI=1S/C19H15N3/c1-3-9-14(4-2)21-17-12-7-8-13-18(17)22-16-11-6-5-10-15(16)20-19(21)22/h3-13H,1-2H2/b14-9+. The minimum absolute atomic E-state index is 0.885. The molecule has 0 aliphatic carbocycles. The van der Waals surface area contributed by atoms with Crippen LogP contribution in [0.25, 0.3) is 33.5 Å². The van der Waals surface area contributed by atoms with Crippen LogP contribution in [0.4, 0.5) is 0 Å². The lowest BCUT2D eigenvalue weighted by atomic mass is 10.3. The van der Waals surface area contributed by atoms with Crippen molar-refractivity contribution in [3.8, 4) is 0 Å². The Balaban J connectivity index is 2.28. The number of imidazole rings is 2. The summed E-state index contributed by atoms with van der Waals surface area (Å²) in [6.45, 7) is 7.73. The summed E-state index contributed by atoms with van der Waals surface area (Å²) < 4.78 is 4.30. The maximum absolute atomic E-state index is 4.81. The number of nitrogens with zero attached hydrogens (tertiary/aromatic N) is 3. The number of aromatic nitrogens is 3. The topological polar surface area (TPSA) is 22.2 Å². The molecule has 4 rings (SSSR count). The molecule has 2 aromatic heterocycles. The average Bonchev–Trinajstić information content (AvgIpc) is 3.07. The van der Waals surface area contributed by atoms with Gasteiger partial charge in [-0.05, 0) is 36.4 Å². The zero-order valence-corrected chi connectivity index (χ0v) is 12.1. The Morgan fingerprint density at radius 2 is 1.59 bits per heavy atom. The maximum Gasteiger partial charge on any atom is 0.220 e. The van der Waals surface area contributed by atoms with Gasteiger partial charge in [0.1, 0.15) is 0 Å². The Bertz CT molecular complexity index is 1060. The normalized spacial score (nSPS) is 12.3. The highest BCUT2D eigenvalue weighted by molar-refractivity contribution is 5.93. The molecule has 0 radical (unpaired) electrons. The van der Waals surface area contributed by atoms with Gasteiger partial charge in [-0.15, -0.1) is 0 Å². The second-order valence-electron chi connectivity index (χ2n) is 5.09. The average molecular weight is 285 g/mol. The first kappa shape index (κ1) is 12.7. The lowest BCUT2D eigenvalue weighted by Gasteiger charge is -2.04. The van der Waals surface area contributed by atoms with E-state index in [0.29, 0.717) is 0 Å². The van der Waals surface area contributed by atoms with Crippen LogP contribution in [-0.2, 0) is 0 Å². The Morgan fingerprint density at radius 1 is 0.909 bits per heavy atom. The summed E-state index contributed by atoms with van der Waals surface area (Å²) in [5.41, 5.74) is 5.27. The highest BCUT2D eigenvalue weighted by atomic mass is 15.2. The predicted molar refractivity (Wildman–Crippen MR) is 92.9 cm³/mol. The first-order valence-corrected chi connectivity index (χ1v) is 7.17. The fourth-order valence-corrected chi connectivity index (χ4v) is 2.96. The van der Waals surface area contributed by atoms with Crippen molar-refractivity contribution in [3.63, 3.8) is 0 Å². The molecule has 2 heterocycles. The van der Waals surface area contributed by atoms with Crippen molar-refractivity contribution in [3.05, 3.63) is 79.9 Å². The number of hydrogen-bond acceptors (Lipinski definition) is 1. The Kier molecular flexibility index (Phi) is 2.73. The van der Waals surface area contributed by atoms with Crippen LogP contribution in [0, 0.1) is 0 Å². The van der Waals surface area contributed by atoms with Crippen LogP contribution in [0.2, 0.25) is 0 Å². The molecule has 3 nitrogen and oxygen atoms in total. The number of para-hydroxylation sites is 4. The van der Waals surface area contributed by atoms with Crippen LogP contribution in [0.5, 0.6) is 0 Å². The lowest BCUT2D eigenvalue weighted by molar-refractivity contribution is 1.15. The number of fused-ring (bicyclic) bond motifs is 5. The molecule has 0 atom stereocenters. The van der Waals surface area contributed by atoms with Gasteiger partial charge in [-0.1, -0.05) is 43.5 Å². The molecule has 4 aromatic rings. The van der Waals surface area contributed by atoms with Gasteiger partial charge in [-0.3, -0.25) is 8.97 Å². The van der Waals surface area contributed by atoms with Crippen molar-refractivity contribution in [1.29, 1.82) is 0 Å². The molecule has 0 aliphatic rings. The second-order valence-corrected chi connectivity index (χ2v) is 5.09. The highest BCUT2D eigenvalue weighted by Gasteiger charge is 2.16. The predicted octanol–water partition coefficient (Wildman–Crippen LogP) is 4.66. The summed E-state index contributed by atoms with van der Waals surface area (Å²) in [6.07, 6.45) is 5.54. The van der Waals surface area contributed by atoms with Gasteiger partial charge in [0, 0.05) is 5.70 Å². The van der Waals surface area contributed by atoms with Gasteiger partial charge in [-0.25, -0.2) is 4.98 Å². The summed E-state index contributed by atoms with van der Waals surface area (Å²) in [5, 5.41) is 0. The van der Waals surface area contributed by atoms with Gasteiger partial charge in [0.15, 0.2) is 0 Å². The van der Waals surface area contributed by atoms with Crippen LogP contribution >= 0.6 is 0 Å². The van der Waals surface area contributed by atoms with E-state index in [0.717, 1.165) is 33.5 Å². The molecule has 0 aliphatic heterocycles. The van der Waals surface area contributed by atoms with Gasteiger partial charge in [-0.2, -0.15) is 0 Å². The van der Waals surface area contributed by atoms with Crippen molar-refractivity contribution in [2.45, 2.75) is 0 Å². The van der Waals surface area contributed by atoms with E-state index in [1.54, 1.807) is 6.08 Å². The van der Waals surface area contributed by atoms with Crippen molar-refractivity contribution in [2.24, 2.45) is 0 Å². The van der Waals surface area contributed by atoms with E-state index in [4.69, 9.17) is 4.98 Å². The fourth-order valence-electron chi connectivity index (χ4n) is 2.96. The molecule has 0 bridgehead atoms. The van der Waals surface area contributed by atoms with E-state index in [2.05, 4.69) is 40.3 Å². The summed E-state index contributed by atoms with van der Waals surface area (Å²) in [6, 6.07) is 16.5. The lowest BCUT2D eigenvalue weighted by Crippen LogP contribution is -1.95. The fraction of sp³-hybridized carbons (Fsp3) is 0. The van der Waals surface area contributed by atoms with Gasteiger partial charge >= 0.3 is 0 Å². The first-order valence-electron chi connectivity index (χ1n) is 7.17. The molecular weight excluding hydrogens is 270 g/mol. The molecule has 0 unspecified atom stereocenters. The van der Waals surface area contributed by atoms with Crippen LogP contribution in [-0.4, -0.2) is 14.0 Å². The molecule has 0 amide bonds. The monoisotopic (exact) mass is 285 g/mol. The second kappa shape index (κ2) is 4.74. The van der Waals surface area contributed by atoms with Crippen LogP contribution < -0.4 is 0 Å². The summed E-state index contributed by atoms with van der Waals surface area (Å²) >= 11 is 0. The third-order valence-electron chi connectivity index (χ3n) is 3.86. The SMILES string of the molecule is C=C/C=C(\C=C)n1c2ccccc2n2c3ccccc3nc12. The van der Waals surface area contributed by atoms with E-state index in [1.165, 1.54) is 0 Å². The van der Waals surface area contributed by atoms with Crippen LogP contribution in [0.15, 0.2) is 79.9 Å². The van der Waals surface area contributed by atoms with Crippen molar-refractivity contribution in [2.75, 3.05) is 0 Å². The first-order chi connectivity index (χ1) is 10.8. The van der Waals surface area contributed by atoms with Gasteiger partial charge < -0.3 is 0 Å². The summed E-state index contributed by atoms with van der Waals surface area (Å²) in [5.74, 6) is 0.885. The Hall–Kier alpha value is -3.07. The van der Waals surface area contributed by atoms with Crippen molar-refractivity contribution in [1.82, 2.24) is 14.0 Å². The zero-order valence-electron chi connectivity index (χ0n) is 12.1. The van der Waals surface area contributed by atoms with E-state index < -0.39 is 0 Å².